The normalized spacial score (nSPS) is 25.9. The third-order valence-electron chi connectivity index (χ3n) is 20.3. The lowest BCUT2D eigenvalue weighted by Gasteiger charge is -2.37. The predicted octanol–water partition coefficient (Wildman–Crippen LogP) is 4.82. The van der Waals surface area contributed by atoms with Crippen LogP contribution in [0.1, 0.15) is 132 Å². The number of ketones is 2. The summed E-state index contributed by atoms with van der Waals surface area (Å²) < 4.78 is 51.6. The molecule has 1 aromatic heterocycles. The van der Waals surface area contributed by atoms with Gasteiger partial charge in [0.15, 0.2) is 11.6 Å². The van der Waals surface area contributed by atoms with E-state index in [9.17, 15) is 47.9 Å². The molecule has 2 saturated heterocycles. The number of halogens is 3. The van der Waals surface area contributed by atoms with E-state index < -0.39 is 168 Å². The maximum absolute atomic E-state index is 16.2. The highest BCUT2D eigenvalue weighted by molar-refractivity contribution is 6.01. The first-order chi connectivity index (χ1) is 49.6. The number of primary amides is 1. The maximum Gasteiger partial charge on any atom is 0.246 e. The van der Waals surface area contributed by atoms with Crippen LogP contribution in [0.5, 0.6) is 5.75 Å². The van der Waals surface area contributed by atoms with Crippen LogP contribution in [0.2, 0.25) is 0 Å². The summed E-state index contributed by atoms with van der Waals surface area (Å²) >= 11 is 0. The van der Waals surface area contributed by atoms with Crippen molar-refractivity contribution in [3.63, 3.8) is 0 Å². The molecule has 24 nitrogen and oxygen atoms in total. The number of carbonyl (C=O) groups excluding carboxylic acids is 11. The summed E-state index contributed by atoms with van der Waals surface area (Å²) in [7, 11) is 1.47. The van der Waals surface area contributed by atoms with E-state index in [-0.39, 0.29) is 64.5 Å². The fraction of sp³-hybridized carbons (Fsp3) is 0.468. The number of hydrogen-bond acceptors (Lipinski definition) is 14. The third-order valence-corrected chi connectivity index (χ3v) is 20.3. The second-order valence-electron chi connectivity index (χ2n) is 28.0. The maximum atomic E-state index is 16.2. The molecule has 10 rings (SSSR count). The number of nitrogens with two attached hydrogens (primary N) is 2. The first-order valence-electron chi connectivity index (χ1n) is 35.5. The number of Topliss-reactive ketones (excluding diaryl/α,β-unsaturated/α-hetero) is 2. The van der Waals surface area contributed by atoms with Gasteiger partial charge in [-0.3, -0.25) is 52.7 Å². The second kappa shape index (κ2) is 35.4. The number of nitrogens with one attached hydrogen (secondary N) is 7. The molecule has 27 heteroatoms. The number of aromatic amines is 1. The number of allylic oxidation sites excluding steroid dienone is 3. The fourth-order valence-corrected chi connectivity index (χ4v) is 14.3. The summed E-state index contributed by atoms with van der Waals surface area (Å²) in [6.45, 7) is 5.01. The molecule has 0 spiro atoms. The van der Waals surface area contributed by atoms with Crippen LogP contribution in [-0.4, -0.2) is 171 Å². The van der Waals surface area contributed by atoms with Crippen molar-refractivity contribution in [2.24, 2.45) is 23.3 Å². The Hall–Kier alpha value is -10.0. The van der Waals surface area contributed by atoms with Gasteiger partial charge in [0.05, 0.1) is 31.3 Å². The van der Waals surface area contributed by atoms with E-state index in [1.807, 2.05) is 24.3 Å². The van der Waals surface area contributed by atoms with Gasteiger partial charge in [0.1, 0.15) is 59.8 Å². The van der Waals surface area contributed by atoms with E-state index in [1.165, 1.54) is 69.3 Å². The van der Waals surface area contributed by atoms with E-state index in [2.05, 4.69) is 36.9 Å². The lowest BCUT2D eigenvalue weighted by atomic mass is 9.84. The lowest BCUT2D eigenvalue weighted by molar-refractivity contribution is -0.147. The number of unbranched alkanes of at least 4 members (excludes halogenated alkanes) is 1. The Bertz CT molecular complexity index is 4070. The Morgan fingerprint density at radius 1 is 0.760 bits per heavy atom. The molecule has 5 aliphatic rings. The van der Waals surface area contributed by atoms with Crippen molar-refractivity contribution < 1.29 is 75.8 Å². The quantitative estimate of drug-likeness (QED) is 0.0527. The molecule has 556 valence electrons. The summed E-state index contributed by atoms with van der Waals surface area (Å²) in [5, 5.41) is 27.8. The molecular weight excluding hydrogens is 1340 g/mol. The Balaban J connectivity index is 1.07. The molecule has 5 heterocycles. The molecule has 0 saturated carbocycles. The van der Waals surface area contributed by atoms with Crippen LogP contribution in [0, 0.1) is 23.5 Å². The minimum Gasteiger partial charge on any atom is -0.497 e. The Morgan fingerprint density at radius 3 is 2.15 bits per heavy atom. The number of methoxy groups -OCH3 is 1. The van der Waals surface area contributed by atoms with Crippen molar-refractivity contribution in [1.82, 2.24) is 46.7 Å². The van der Waals surface area contributed by atoms with Crippen LogP contribution in [-0.2, 0) is 84.8 Å². The first kappa shape index (κ1) is 78.1. The van der Waals surface area contributed by atoms with Crippen LogP contribution in [0.3, 0.4) is 0 Å². The molecule has 4 aliphatic heterocycles. The minimum absolute atomic E-state index is 0.0619. The monoisotopic (exact) mass is 1440 g/mol. The molecule has 0 unspecified atom stereocenters. The number of H-pyrrole nitrogens is 1. The topological polar surface area (TPSA) is 364 Å². The van der Waals surface area contributed by atoms with Gasteiger partial charge < -0.3 is 68.0 Å². The van der Waals surface area contributed by atoms with Crippen LogP contribution < -0.4 is 48.1 Å². The van der Waals surface area contributed by atoms with Crippen LogP contribution >= 0.6 is 0 Å². The summed E-state index contributed by atoms with van der Waals surface area (Å²) in [6.07, 6.45) is 3.63. The number of hydrogen-bond donors (Lipinski definition) is 10. The molecule has 1 aliphatic carbocycles. The molecule has 2 bridgehead atoms. The van der Waals surface area contributed by atoms with E-state index in [0.29, 0.717) is 88.6 Å². The lowest BCUT2D eigenvalue weighted by Crippen LogP contribution is -2.62. The number of aliphatic hydroxyl groups excluding tert-OH is 1. The molecule has 0 radical (unpaired) electrons. The highest BCUT2D eigenvalue weighted by Crippen LogP contribution is 2.36. The zero-order chi connectivity index (χ0) is 75.1. The predicted molar refractivity (Wildman–Crippen MR) is 381 cm³/mol. The standard InChI is InChI=1S/C77H94F3N11O13/c1-43-66(94)36-52(34-53-41-83-60-28-25-55(79)39-59(53)60)70(97)87-64(35-50-22-21-49-23-24-54(78)38-58(49)50)75(102)90-42-56(80)40-65(90)73(100)89-68(44(2)92)74(101)88-63(33-48-19-26-57(104-5)27-20-48)76(103)91-31-11-29-77(91,4)67(95)37-51(69(82)96)32-47-17-15-46(16-18-47)12-7-6-8-13-61(85-45(3)93)72(99)86-62(71(98)84-43)14-9-10-30-81/h6-7,15-20,22-28,38-39,41,43-44,51-52,56,61-65,68,83,92H,8-14,21,29-37,40,42,81H2,1-5H3,(H2,82,96)(H,84,98)(H,85,93)(H,86,99)(H,87,97)(H,88,101)(H,89,100)/t43-,44-,51-,52-,56+,61+,62+,63+,64+,65+,68+,77+/m1/s1. The number of ether oxygens (including phenoxy) is 1. The van der Waals surface area contributed by atoms with Gasteiger partial charge in [0, 0.05) is 74.5 Å². The minimum atomic E-state index is -1.87. The molecule has 9 amide bonds. The number of amides is 9. The number of alkyl halides is 1. The molecular formula is C77H94F3N11O13. The molecule has 12 N–H and O–H groups in total. The van der Waals surface area contributed by atoms with Gasteiger partial charge in [0.25, 0.3) is 0 Å². The molecule has 104 heavy (non-hydrogen) atoms. The number of rotatable bonds is 14. The van der Waals surface area contributed by atoms with E-state index >= 15 is 23.2 Å². The van der Waals surface area contributed by atoms with Crippen molar-refractivity contribution in [2.45, 2.75) is 191 Å². The van der Waals surface area contributed by atoms with Crippen molar-refractivity contribution in [2.75, 3.05) is 26.7 Å². The van der Waals surface area contributed by atoms with Crippen molar-refractivity contribution >= 4 is 81.2 Å². The van der Waals surface area contributed by atoms with Gasteiger partial charge in [-0.2, -0.15) is 0 Å². The van der Waals surface area contributed by atoms with E-state index in [0.717, 1.165) is 10.5 Å². The zero-order valence-corrected chi connectivity index (χ0v) is 59.2. The van der Waals surface area contributed by atoms with Crippen molar-refractivity contribution in [3.05, 3.63) is 154 Å². The van der Waals surface area contributed by atoms with Gasteiger partial charge in [-0.05, 0) is 179 Å². The summed E-state index contributed by atoms with van der Waals surface area (Å²) in [5.74, 6) is -11.9. The smallest absolute Gasteiger partial charge is 0.246 e. The first-order valence-corrected chi connectivity index (χ1v) is 35.5. The van der Waals surface area contributed by atoms with Crippen LogP contribution in [0.4, 0.5) is 13.2 Å². The average Bonchev–Trinajstić information content (AvgIpc) is 1.58. The summed E-state index contributed by atoms with van der Waals surface area (Å²) in [5.41, 5.74) is 14.7. The number of aliphatic hydroxyl groups is 1. The van der Waals surface area contributed by atoms with Crippen molar-refractivity contribution in [3.8, 4) is 5.75 Å². The van der Waals surface area contributed by atoms with Crippen molar-refractivity contribution in [1.29, 1.82) is 0 Å². The number of fused-ring (bicyclic) bond motifs is 30. The average molecular weight is 1440 g/mol. The number of nitrogens with zero attached hydrogens (tertiary/aromatic N) is 2. The highest BCUT2D eigenvalue weighted by Gasteiger charge is 2.49. The number of carbonyl (C=O) groups is 11. The number of aromatic nitrogens is 1. The fourth-order valence-electron chi connectivity index (χ4n) is 14.3. The van der Waals surface area contributed by atoms with Gasteiger partial charge in [0.2, 0.25) is 53.2 Å². The molecule has 4 aromatic carbocycles. The zero-order valence-electron chi connectivity index (χ0n) is 59.2. The van der Waals surface area contributed by atoms with E-state index in [1.54, 1.807) is 55.5 Å². The Kier molecular flexibility index (Phi) is 26.6. The number of benzene rings is 4. The largest absolute Gasteiger partial charge is 0.497 e. The van der Waals surface area contributed by atoms with Gasteiger partial charge >= 0.3 is 0 Å². The summed E-state index contributed by atoms with van der Waals surface area (Å²) in [4.78, 5) is 165. The van der Waals surface area contributed by atoms with E-state index in [4.69, 9.17) is 16.2 Å². The third kappa shape index (κ3) is 19.8. The Morgan fingerprint density at radius 2 is 1.45 bits per heavy atom. The molecule has 12 atom stereocenters. The van der Waals surface area contributed by atoms with Crippen LogP contribution in [0.25, 0.3) is 16.5 Å². The van der Waals surface area contributed by atoms with Gasteiger partial charge in [-0.1, -0.05) is 60.7 Å². The van der Waals surface area contributed by atoms with Crippen LogP contribution in [0.15, 0.2) is 109 Å². The summed E-state index contributed by atoms with van der Waals surface area (Å²) in [6, 6.07) is 11.5. The highest BCUT2D eigenvalue weighted by atomic mass is 19.1. The van der Waals surface area contributed by atoms with Gasteiger partial charge in [-0.25, -0.2) is 13.2 Å². The van der Waals surface area contributed by atoms with Gasteiger partial charge in [-0.15, -0.1) is 0 Å². The SMILES string of the molecule is COc1ccc(C[C@@H]2NC(=O)[C@H]([C@@H](C)O)NC(=O)[C@@H]3C[C@H](F)CN3C(=O)[C@H](CC3=CCc4ccc(F)cc43)NC(=O)[C@H](Cc3c[nH]c4ccc(F)cc34)CC(=O)[C@@H](C)NC(=O)[C@H](CCCCN)NC(=O)[C@@H](NC(C)=O)CCC=CCc3ccc(cc3)C[C@@H](C(N)=O)CC(=O)[C@]3(C)CCCN3C2=O)cc1. The molecule has 2 fully saturated rings. The second-order valence-corrected chi connectivity index (χ2v) is 28.0. The Labute approximate surface area is 601 Å². The molecule has 5 aromatic rings.